The minimum absolute atomic E-state index is 0.109. The highest BCUT2D eigenvalue weighted by Crippen LogP contribution is 2.34. The van der Waals surface area contributed by atoms with Gasteiger partial charge in [-0.3, -0.25) is 0 Å². The van der Waals surface area contributed by atoms with E-state index in [1.165, 1.54) is 36.1 Å². The van der Waals surface area contributed by atoms with Crippen LogP contribution < -0.4 is 14.4 Å². The molecule has 0 fully saturated rings. The number of fused-ring (bicyclic) bond motifs is 1. The molecule has 0 saturated heterocycles. The third kappa shape index (κ3) is 4.73. The number of methoxy groups -OCH3 is 1. The second-order valence-electron chi connectivity index (χ2n) is 6.74. The van der Waals surface area contributed by atoms with Crippen molar-refractivity contribution in [2.75, 3.05) is 25.7 Å². The summed E-state index contributed by atoms with van der Waals surface area (Å²) in [5.74, 6) is -1.14. The van der Waals surface area contributed by atoms with Crippen LogP contribution >= 0.6 is 0 Å². The van der Waals surface area contributed by atoms with Crippen LogP contribution in [0.15, 0.2) is 30.3 Å². The summed E-state index contributed by atoms with van der Waals surface area (Å²) in [7, 11) is 3.47. The Hall–Kier alpha value is -3.22. The number of nitrogens with zero attached hydrogens (tertiary/aromatic N) is 1. The van der Waals surface area contributed by atoms with Crippen molar-refractivity contribution < 1.29 is 29.3 Å². The van der Waals surface area contributed by atoms with Crippen molar-refractivity contribution in [3.63, 3.8) is 0 Å². The van der Waals surface area contributed by atoms with Gasteiger partial charge in [-0.1, -0.05) is 0 Å². The summed E-state index contributed by atoms with van der Waals surface area (Å²) in [6.45, 7) is 7.23. The number of carbonyl (C=O) groups is 2. The first kappa shape index (κ1) is 21.1. The van der Waals surface area contributed by atoms with Crippen LogP contribution in [0.1, 0.15) is 38.8 Å². The molecule has 7 heteroatoms. The Labute approximate surface area is 164 Å². The van der Waals surface area contributed by atoms with E-state index < -0.39 is 11.9 Å². The van der Waals surface area contributed by atoms with E-state index in [4.69, 9.17) is 19.7 Å². The van der Waals surface area contributed by atoms with Gasteiger partial charge >= 0.3 is 11.9 Å². The maximum absolute atomic E-state index is 10.6. The Morgan fingerprint density at radius 1 is 1.04 bits per heavy atom. The van der Waals surface area contributed by atoms with Gasteiger partial charge in [0.15, 0.2) is 0 Å². The van der Waals surface area contributed by atoms with Gasteiger partial charge in [-0.15, -0.1) is 0 Å². The molecule has 2 N–H and O–H groups in total. The van der Waals surface area contributed by atoms with Crippen molar-refractivity contribution in [2.45, 2.75) is 26.8 Å². The average molecular weight is 387 g/mol. The number of likely N-dealkylation sites (N-methyl/N-ethyl adjacent to an activating group) is 1. The first-order chi connectivity index (χ1) is 13.1. The van der Waals surface area contributed by atoms with Crippen LogP contribution in [0, 0.1) is 13.8 Å². The lowest BCUT2D eigenvalue weighted by molar-refractivity contribution is 0.0696. The van der Waals surface area contributed by atoms with Crippen LogP contribution in [0.4, 0.5) is 5.69 Å². The minimum atomic E-state index is -1.19. The van der Waals surface area contributed by atoms with Gasteiger partial charge < -0.3 is 24.6 Å². The normalized spacial score (nSPS) is 14.9. The standard InChI is InChI=1S/C12H17NO.C9H8O5/c1-8-5-11-12(6-9(8)2)14-7-10(3)13(11)4;1-14-7-3-5(8(10)11)2-6(4-7)9(12)13/h5-6,10H,7H2,1-4H3;2-4H,1H3,(H,10,11)(H,12,13). The van der Waals surface area contributed by atoms with Crippen molar-refractivity contribution in [2.24, 2.45) is 0 Å². The molecule has 1 atom stereocenters. The van der Waals surface area contributed by atoms with E-state index in [9.17, 15) is 9.59 Å². The smallest absolute Gasteiger partial charge is 0.335 e. The van der Waals surface area contributed by atoms with Crippen molar-refractivity contribution in [1.82, 2.24) is 0 Å². The lowest BCUT2D eigenvalue weighted by atomic mass is 10.1. The molecule has 0 aliphatic carbocycles. The highest BCUT2D eigenvalue weighted by atomic mass is 16.5. The van der Waals surface area contributed by atoms with E-state index in [1.807, 2.05) is 0 Å². The molecule has 0 spiro atoms. The van der Waals surface area contributed by atoms with Crippen LogP contribution in [-0.4, -0.2) is 49.0 Å². The topological polar surface area (TPSA) is 96.3 Å². The lowest BCUT2D eigenvalue weighted by Gasteiger charge is -2.34. The van der Waals surface area contributed by atoms with Crippen molar-refractivity contribution in [3.05, 3.63) is 52.6 Å². The molecule has 1 aliphatic heterocycles. The molecule has 28 heavy (non-hydrogen) atoms. The van der Waals surface area contributed by atoms with Gasteiger partial charge in [0.2, 0.25) is 0 Å². The van der Waals surface area contributed by atoms with Crippen molar-refractivity contribution >= 4 is 17.6 Å². The Bertz CT molecular complexity index is 860. The average Bonchev–Trinajstić information content (AvgIpc) is 2.66. The lowest BCUT2D eigenvalue weighted by Crippen LogP contribution is -2.38. The zero-order valence-corrected chi connectivity index (χ0v) is 16.6. The SMILES string of the molecule is COc1cc(C(=O)O)cc(C(=O)O)c1.Cc1cc2c(cc1C)N(C)C(C)CO2. The van der Waals surface area contributed by atoms with E-state index in [2.05, 4.69) is 44.9 Å². The zero-order chi connectivity index (χ0) is 21.0. The predicted molar refractivity (Wildman–Crippen MR) is 106 cm³/mol. The van der Waals surface area contributed by atoms with Gasteiger partial charge in [-0.05, 0) is 62.2 Å². The molecule has 2 aromatic rings. The Morgan fingerprint density at radius 3 is 2.07 bits per heavy atom. The summed E-state index contributed by atoms with van der Waals surface area (Å²) in [6, 6.07) is 8.40. The number of aromatic carboxylic acids is 2. The fourth-order valence-corrected chi connectivity index (χ4v) is 2.69. The number of carboxylic acids is 2. The summed E-state index contributed by atoms with van der Waals surface area (Å²) in [6.07, 6.45) is 0. The molecule has 0 amide bonds. The summed E-state index contributed by atoms with van der Waals surface area (Å²) >= 11 is 0. The largest absolute Gasteiger partial charge is 0.497 e. The summed E-state index contributed by atoms with van der Waals surface area (Å²) < 4.78 is 10.5. The molecule has 150 valence electrons. The zero-order valence-electron chi connectivity index (χ0n) is 16.6. The Morgan fingerprint density at radius 2 is 1.57 bits per heavy atom. The van der Waals surface area contributed by atoms with Crippen molar-refractivity contribution in [3.8, 4) is 11.5 Å². The highest BCUT2D eigenvalue weighted by molar-refractivity contribution is 5.94. The number of anilines is 1. The van der Waals surface area contributed by atoms with Crippen LogP contribution in [0.2, 0.25) is 0 Å². The molecular formula is C21H25NO6. The highest BCUT2D eigenvalue weighted by Gasteiger charge is 2.21. The fraction of sp³-hybridized carbons (Fsp3) is 0.333. The molecule has 0 saturated carbocycles. The van der Waals surface area contributed by atoms with Gasteiger partial charge in [0.25, 0.3) is 0 Å². The van der Waals surface area contributed by atoms with Gasteiger partial charge in [-0.2, -0.15) is 0 Å². The third-order valence-corrected chi connectivity index (χ3v) is 4.73. The summed E-state index contributed by atoms with van der Waals surface area (Å²) in [5, 5.41) is 17.3. The molecule has 1 unspecified atom stereocenters. The van der Waals surface area contributed by atoms with Crippen LogP contribution in [0.3, 0.4) is 0 Å². The Kier molecular flexibility index (Phi) is 6.51. The maximum atomic E-state index is 10.6. The molecule has 0 radical (unpaired) electrons. The molecule has 3 rings (SSSR count). The molecule has 7 nitrogen and oxygen atoms in total. The quantitative estimate of drug-likeness (QED) is 0.830. The number of ether oxygens (including phenoxy) is 2. The van der Waals surface area contributed by atoms with E-state index in [-0.39, 0.29) is 16.9 Å². The van der Waals surface area contributed by atoms with Crippen molar-refractivity contribution in [1.29, 1.82) is 0 Å². The fourth-order valence-electron chi connectivity index (χ4n) is 2.69. The number of aryl methyl sites for hydroxylation is 2. The predicted octanol–water partition coefficient (Wildman–Crippen LogP) is 3.61. The van der Waals surface area contributed by atoms with Crippen LogP contribution in [-0.2, 0) is 0 Å². The summed E-state index contributed by atoms with van der Waals surface area (Å²) in [4.78, 5) is 23.5. The molecule has 0 aromatic heterocycles. The first-order valence-electron chi connectivity index (χ1n) is 8.76. The van der Waals surface area contributed by atoms with E-state index in [0.717, 1.165) is 18.4 Å². The van der Waals surface area contributed by atoms with Gasteiger partial charge in [0.1, 0.15) is 18.1 Å². The molecule has 1 aliphatic rings. The van der Waals surface area contributed by atoms with E-state index in [1.54, 1.807) is 0 Å². The molecule has 0 bridgehead atoms. The second kappa shape index (κ2) is 8.65. The first-order valence-corrected chi connectivity index (χ1v) is 8.76. The van der Waals surface area contributed by atoms with Crippen LogP contribution in [0.25, 0.3) is 0 Å². The molecular weight excluding hydrogens is 362 g/mol. The number of rotatable bonds is 3. The summed E-state index contributed by atoms with van der Waals surface area (Å²) in [5.41, 5.74) is 3.62. The van der Waals surface area contributed by atoms with Gasteiger partial charge in [-0.25, -0.2) is 9.59 Å². The van der Waals surface area contributed by atoms with Gasteiger partial charge in [0, 0.05) is 7.05 Å². The van der Waals surface area contributed by atoms with Crippen LogP contribution in [0.5, 0.6) is 11.5 Å². The maximum Gasteiger partial charge on any atom is 0.335 e. The van der Waals surface area contributed by atoms with Gasteiger partial charge in [0.05, 0.1) is 30.0 Å². The molecule has 2 aromatic carbocycles. The number of benzene rings is 2. The van der Waals surface area contributed by atoms with E-state index in [0.29, 0.717) is 6.04 Å². The molecule has 1 heterocycles. The second-order valence-corrected chi connectivity index (χ2v) is 6.74. The third-order valence-electron chi connectivity index (χ3n) is 4.73. The number of carboxylic acid groups (broad SMARTS) is 2. The number of hydrogen-bond acceptors (Lipinski definition) is 5. The minimum Gasteiger partial charge on any atom is -0.497 e. The Balaban J connectivity index is 0.000000200. The number of hydrogen-bond donors (Lipinski definition) is 2. The van der Waals surface area contributed by atoms with E-state index >= 15 is 0 Å². The monoisotopic (exact) mass is 387 g/mol.